The summed E-state index contributed by atoms with van der Waals surface area (Å²) in [6.45, 7) is 6.14. The lowest BCUT2D eigenvalue weighted by molar-refractivity contribution is 0.192. The molecule has 1 aliphatic carbocycles. The number of hydrogen-bond acceptors (Lipinski definition) is 4. The van der Waals surface area contributed by atoms with Gasteiger partial charge in [-0.25, -0.2) is 0 Å². The SMILES string of the molecule is Cc1nc(C2(N)CCCC2(C)C)no1. The Balaban J connectivity index is 2.41. The van der Waals surface area contributed by atoms with E-state index in [1.807, 2.05) is 0 Å². The van der Waals surface area contributed by atoms with Gasteiger partial charge in [-0.2, -0.15) is 4.98 Å². The normalized spacial score (nSPS) is 30.9. The Morgan fingerprint density at radius 2 is 2.07 bits per heavy atom. The fraction of sp³-hybridized carbons (Fsp3) is 0.800. The van der Waals surface area contributed by atoms with Crippen LogP contribution >= 0.6 is 0 Å². The van der Waals surface area contributed by atoms with E-state index in [0.29, 0.717) is 11.7 Å². The number of hydrogen-bond donors (Lipinski definition) is 1. The number of aromatic nitrogens is 2. The molecule has 1 saturated carbocycles. The summed E-state index contributed by atoms with van der Waals surface area (Å²) in [7, 11) is 0. The minimum Gasteiger partial charge on any atom is -0.340 e. The van der Waals surface area contributed by atoms with E-state index in [4.69, 9.17) is 10.3 Å². The summed E-state index contributed by atoms with van der Waals surface area (Å²) in [6, 6.07) is 0. The number of aryl methyl sites for hydroxylation is 1. The van der Waals surface area contributed by atoms with E-state index in [0.717, 1.165) is 19.3 Å². The molecule has 0 spiro atoms. The van der Waals surface area contributed by atoms with Gasteiger partial charge in [0.1, 0.15) is 0 Å². The lowest BCUT2D eigenvalue weighted by Gasteiger charge is -2.35. The maximum Gasteiger partial charge on any atom is 0.223 e. The van der Waals surface area contributed by atoms with Crippen molar-refractivity contribution in [3.63, 3.8) is 0 Å². The van der Waals surface area contributed by atoms with Crippen LogP contribution in [0.2, 0.25) is 0 Å². The fourth-order valence-electron chi connectivity index (χ4n) is 2.27. The van der Waals surface area contributed by atoms with Gasteiger partial charge in [0.25, 0.3) is 0 Å². The van der Waals surface area contributed by atoms with Crippen LogP contribution in [0.3, 0.4) is 0 Å². The van der Waals surface area contributed by atoms with Crippen LogP contribution in [0.5, 0.6) is 0 Å². The van der Waals surface area contributed by atoms with Crippen LogP contribution in [0, 0.1) is 12.3 Å². The summed E-state index contributed by atoms with van der Waals surface area (Å²) in [4.78, 5) is 4.26. The topological polar surface area (TPSA) is 64.9 Å². The number of rotatable bonds is 1. The maximum atomic E-state index is 6.39. The first-order valence-electron chi connectivity index (χ1n) is 5.05. The first-order chi connectivity index (χ1) is 6.46. The van der Waals surface area contributed by atoms with Crippen LogP contribution < -0.4 is 5.73 Å². The summed E-state index contributed by atoms with van der Waals surface area (Å²) in [5.74, 6) is 1.25. The third kappa shape index (κ3) is 1.17. The molecule has 0 amide bonds. The summed E-state index contributed by atoms with van der Waals surface area (Å²) in [5, 5.41) is 3.95. The molecule has 1 fully saturated rings. The summed E-state index contributed by atoms with van der Waals surface area (Å²) < 4.78 is 4.99. The maximum absolute atomic E-state index is 6.39. The highest BCUT2D eigenvalue weighted by atomic mass is 16.5. The highest BCUT2D eigenvalue weighted by molar-refractivity contribution is 5.13. The second-order valence-corrected chi connectivity index (χ2v) is 4.85. The van der Waals surface area contributed by atoms with Crippen molar-refractivity contribution in [2.75, 3.05) is 0 Å². The highest BCUT2D eigenvalue weighted by Gasteiger charge is 2.50. The van der Waals surface area contributed by atoms with Gasteiger partial charge in [-0.3, -0.25) is 0 Å². The molecule has 0 aromatic carbocycles. The highest BCUT2D eigenvalue weighted by Crippen LogP contribution is 2.49. The van der Waals surface area contributed by atoms with Crippen LogP contribution in [0.15, 0.2) is 4.52 Å². The van der Waals surface area contributed by atoms with Gasteiger partial charge in [0.2, 0.25) is 5.89 Å². The average Bonchev–Trinajstić information content (AvgIpc) is 2.60. The Kier molecular flexibility index (Phi) is 1.93. The zero-order valence-electron chi connectivity index (χ0n) is 9.00. The minimum atomic E-state index is -0.412. The summed E-state index contributed by atoms with van der Waals surface area (Å²) >= 11 is 0. The zero-order valence-corrected chi connectivity index (χ0v) is 9.00. The molecule has 1 heterocycles. The minimum absolute atomic E-state index is 0.0588. The Morgan fingerprint density at radius 1 is 1.36 bits per heavy atom. The van der Waals surface area contributed by atoms with Crippen molar-refractivity contribution < 1.29 is 4.52 Å². The monoisotopic (exact) mass is 195 g/mol. The van der Waals surface area contributed by atoms with Crippen LogP contribution in [-0.4, -0.2) is 10.1 Å². The van der Waals surface area contributed by atoms with Crippen LogP contribution in [-0.2, 0) is 5.54 Å². The van der Waals surface area contributed by atoms with Crippen LogP contribution in [0.4, 0.5) is 0 Å². The number of nitrogens with two attached hydrogens (primary N) is 1. The fourth-order valence-corrected chi connectivity index (χ4v) is 2.27. The van der Waals surface area contributed by atoms with Gasteiger partial charge in [-0.1, -0.05) is 25.4 Å². The molecule has 1 unspecified atom stereocenters. The lowest BCUT2D eigenvalue weighted by atomic mass is 9.75. The van der Waals surface area contributed by atoms with Gasteiger partial charge < -0.3 is 10.3 Å². The quantitative estimate of drug-likeness (QED) is 0.741. The summed E-state index contributed by atoms with van der Waals surface area (Å²) in [6.07, 6.45) is 3.20. The predicted molar refractivity (Wildman–Crippen MR) is 52.5 cm³/mol. The van der Waals surface area contributed by atoms with Crippen molar-refractivity contribution in [2.24, 2.45) is 11.1 Å². The van der Waals surface area contributed by atoms with Crippen molar-refractivity contribution in [1.82, 2.24) is 10.1 Å². The van der Waals surface area contributed by atoms with Crippen molar-refractivity contribution in [2.45, 2.75) is 45.6 Å². The Labute approximate surface area is 83.9 Å². The molecule has 2 N–H and O–H groups in total. The molecule has 2 rings (SSSR count). The average molecular weight is 195 g/mol. The van der Waals surface area contributed by atoms with Gasteiger partial charge in [0.05, 0.1) is 5.54 Å². The molecule has 14 heavy (non-hydrogen) atoms. The van der Waals surface area contributed by atoms with E-state index in [2.05, 4.69) is 24.0 Å². The van der Waals surface area contributed by atoms with Crippen molar-refractivity contribution in [3.05, 3.63) is 11.7 Å². The molecule has 0 aliphatic heterocycles. The molecule has 1 aliphatic rings. The molecular weight excluding hydrogens is 178 g/mol. The van der Waals surface area contributed by atoms with Crippen molar-refractivity contribution in [1.29, 1.82) is 0 Å². The van der Waals surface area contributed by atoms with Crippen molar-refractivity contribution in [3.8, 4) is 0 Å². The Hall–Kier alpha value is -0.900. The number of nitrogens with zero attached hydrogens (tertiary/aromatic N) is 2. The molecule has 1 aromatic rings. The first kappa shape index (κ1) is 9.65. The van der Waals surface area contributed by atoms with Crippen LogP contribution in [0.1, 0.15) is 44.8 Å². The molecule has 0 radical (unpaired) electrons. The van der Waals surface area contributed by atoms with Crippen molar-refractivity contribution >= 4 is 0 Å². The summed E-state index contributed by atoms with van der Waals surface area (Å²) in [5.41, 5.74) is 6.03. The van der Waals surface area contributed by atoms with E-state index in [1.54, 1.807) is 6.92 Å². The smallest absolute Gasteiger partial charge is 0.223 e. The van der Waals surface area contributed by atoms with Gasteiger partial charge in [0, 0.05) is 6.92 Å². The largest absolute Gasteiger partial charge is 0.340 e. The second-order valence-electron chi connectivity index (χ2n) is 4.85. The van der Waals surface area contributed by atoms with Gasteiger partial charge in [-0.15, -0.1) is 0 Å². The molecule has 4 heteroatoms. The third-order valence-electron chi connectivity index (χ3n) is 3.51. The van der Waals surface area contributed by atoms with Gasteiger partial charge >= 0.3 is 0 Å². The third-order valence-corrected chi connectivity index (χ3v) is 3.51. The van der Waals surface area contributed by atoms with E-state index in [1.165, 1.54) is 0 Å². The molecule has 78 valence electrons. The van der Waals surface area contributed by atoms with E-state index in [-0.39, 0.29) is 5.41 Å². The molecule has 1 aromatic heterocycles. The Morgan fingerprint density at radius 3 is 2.50 bits per heavy atom. The Bertz CT molecular complexity index is 345. The van der Waals surface area contributed by atoms with E-state index >= 15 is 0 Å². The van der Waals surface area contributed by atoms with Gasteiger partial charge in [-0.05, 0) is 18.3 Å². The lowest BCUT2D eigenvalue weighted by Crippen LogP contribution is -2.46. The molecule has 4 nitrogen and oxygen atoms in total. The zero-order chi connectivity index (χ0) is 10.4. The standard InChI is InChI=1S/C10H17N3O/c1-7-12-8(13-14-7)10(11)6-4-5-9(10,2)3/h4-6,11H2,1-3H3. The predicted octanol–water partition coefficient (Wildman–Crippen LogP) is 1.74. The first-order valence-corrected chi connectivity index (χ1v) is 5.05. The van der Waals surface area contributed by atoms with Gasteiger partial charge in [0.15, 0.2) is 5.82 Å². The van der Waals surface area contributed by atoms with E-state index < -0.39 is 5.54 Å². The molecule has 1 atom stereocenters. The molecule has 0 saturated heterocycles. The molecular formula is C10H17N3O. The second kappa shape index (κ2) is 2.79. The van der Waals surface area contributed by atoms with E-state index in [9.17, 15) is 0 Å². The van der Waals surface area contributed by atoms with Crippen LogP contribution in [0.25, 0.3) is 0 Å². The molecule has 0 bridgehead atoms.